The Kier molecular flexibility index (Phi) is 9.15. The van der Waals surface area contributed by atoms with Crippen LogP contribution in [0, 0.1) is 24.2 Å². The molecule has 0 bridgehead atoms. The minimum absolute atomic E-state index is 0.334. The van der Waals surface area contributed by atoms with E-state index in [9.17, 15) is 29.1 Å². The van der Waals surface area contributed by atoms with Gasteiger partial charge >= 0.3 is 5.97 Å². The van der Waals surface area contributed by atoms with E-state index in [2.05, 4.69) is 31.9 Å². The van der Waals surface area contributed by atoms with E-state index >= 15 is 0 Å². The number of anilines is 2. The fourth-order valence-corrected chi connectivity index (χ4v) is 8.53. The predicted molar refractivity (Wildman–Crippen MR) is 204 cm³/mol. The van der Waals surface area contributed by atoms with Crippen LogP contribution in [0.4, 0.5) is 20.3 Å². The molecule has 6 heterocycles. The van der Waals surface area contributed by atoms with Gasteiger partial charge in [0, 0.05) is 56.7 Å². The number of aromatic nitrogens is 4. The van der Waals surface area contributed by atoms with Crippen molar-refractivity contribution in [3.63, 3.8) is 0 Å². The first kappa shape index (κ1) is 35.8. The van der Waals surface area contributed by atoms with Crippen LogP contribution in [0.5, 0.6) is 0 Å². The Hall–Kier alpha value is -5.88. The SMILES string of the molecule is Cc1c(-c2nc3cc(CN4CCC(C(=O)O)C4)cc(C#N)c3o2)cccc1-c1cccc2c1CCN2c1nc(C(F)F)nc2cc(CN3CCC(O)C3)cnc12. The molecule has 9 rings (SSSR count). The summed E-state index contributed by atoms with van der Waals surface area (Å²) < 4.78 is 34.8. The first-order chi connectivity index (χ1) is 27.1. The van der Waals surface area contributed by atoms with Crippen LogP contribution in [0.3, 0.4) is 0 Å². The van der Waals surface area contributed by atoms with Crippen LogP contribution in [0.25, 0.3) is 44.7 Å². The molecule has 14 heteroatoms. The van der Waals surface area contributed by atoms with Crippen LogP contribution in [0.15, 0.2) is 65.2 Å². The number of hydrogen-bond acceptors (Lipinski definition) is 11. The summed E-state index contributed by atoms with van der Waals surface area (Å²) in [6.07, 6.45) is 0.432. The number of oxazole rings is 1. The van der Waals surface area contributed by atoms with Gasteiger partial charge in [-0.15, -0.1) is 0 Å². The Morgan fingerprint density at radius 1 is 0.946 bits per heavy atom. The fourth-order valence-electron chi connectivity index (χ4n) is 8.53. The number of aliphatic carboxylic acids is 1. The lowest BCUT2D eigenvalue weighted by Gasteiger charge is -2.21. The zero-order chi connectivity index (χ0) is 38.7. The van der Waals surface area contributed by atoms with Crippen LogP contribution >= 0.6 is 0 Å². The summed E-state index contributed by atoms with van der Waals surface area (Å²) in [7, 11) is 0. The largest absolute Gasteiger partial charge is 0.481 e. The molecular formula is C42H38F2N8O4. The van der Waals surface area contributed by atoms with E-state index in [1.165, 1.54) is 0 Å². The molecule has 12 nitrogen and oxygen atoms in total. The Morgan fingerprint density at radius 2 is 1.70 bits per heavy atom. The lowest BCUT2D eigenvalue weighted by atomic mass is 9.92. The second-order valence-electron chi connectivity index (χ2n) is 15.0. The lowest BCUT2D eigenvalue weighted by Crippen LogP contribution is -2.22. The first-order valence-electron chi connectivity index (χ1n) is 18.8. The smallest absolute Gasteiger partial charge is 0.307 e. The number of fused-ring (bicyclic) bond motifs is 3. The van der Waals surface area contributed by atoms with Gasteiger partial charge in [-0.25, -0.2) is 23.7 Å². The highest BCUT2D eigenvalue weighted by Crippen LogP contribution is 2.43. The molecule has 3 aliphatic rings. The fraction of sp³-hybridized carbons (Fsp3) is 0.333. The Bertz CT molecular complexity index is 2570. The summed E-state index contributed by atoms with van der Waals surface area (Å²) in [4.78, 5) is 35.8. The molecule has 3 aromatic heterocycles. The topological polar surface area (TPSA) is 156 Å². The summed E-state index contributed by atoms with van der Waals surface area (Å²) in [6.45, 7) is 6.00. The lowest BCUT2D eigenvalue weighted by molar-refractivity contribution is -0.141. The van der Waals surface area contributed by atoms with E-state index in [1.807, 2.05) is 48.2 Å². The zero-order valence-corrected chi connectivity index (χ0v) is 30.6. The van der Waals surface area contributed by atoms with Crippen LogP contribution in [-0.4, -0.2) is 84.7 Å². The number of β-amino-alcohol motifs (C(OH)–C–C–N with tert-alkyl or cyclic N) is 1. The number of carbonyl (C=O) groups is 1. The minimum Gasteiger partial charge on any atom is -0.481 e. The predicted octanol–water partition coefficient (Wildman–Crippen LogP) is 6.79. The third-order valence-electron chi connectivity index (χ3n) is 11.3. The number of halogens is 2. The van der Waals surface area contributed by atoms with Crippen molar-refractivity contribution in [3.8, 4) is 28.7 Å². The number of alkyl halides is 2. The van der Waals surface area contributed by atoms with Crippen LogP contribution in [-0.2, 0) is 24.3 Å². The van der Waals surface area contributed by atoms with Gasteiger partial charge in [0.2, 0.25) is 5.89 Å². The maximum atomic E-state index is 14.2. The molecule has 0 saturated carbocycles. The minimum atomic E-state index is -2.87. The number of likely N-dealkylation sites (tertiary alicyclic amines) is 2. The van der Waals surface area contributed by atoms with Gasteiger partial charge in [-0.1, -0.05) is 24.3 Å². The van der Waals surface area contributed by atoms with E-state index < -0.39 is 24.1 Å². The average molecular weight is 757 g/mol. The van der Waals surface area contributed by atoms with Crippen molar-refractivity contribution in [3.05, 3.63) is 94.4 Å². The maximum absolute atomic E-state index is 14.2. The van der Waals surface area contributed by atoms with Crippen molar-refractivity contribution in [2.45, 2.75) is 51.8 Å². The molecule has 3 aliphatic heterocycles. The van der Waals surface area contributed by atoms with Crippen LogP contribution < -0.4 is 4.90 Å². The monoisotopic (exact) mass is 756 g/mol. The number of aliphatic hydroxyl groups is 1. The highest BCUT2D eigenvalue weighted by atomic mass is 19.3. The van der Waals surface area contributed by atoms with Gasteiger partial charge in [0.15, 0.2) is 17.2 Å². The van der Waals surface area contributed by atoms with Crippen molar-refractivity contribution >= 4 is 39.6 Å². The number of hydrogen-bond donors (Lipinski definition) is 2. The average Bonchev–Trinajstić information content (AvgIpc) is 4.01. The molecule has 284 valence electrons. The Labute approximate surface area is 320 Å². The van der Waals surface area contributed by atoms with Gasteiger partial charge in [0.1, 0.15) is 17.1 Å². The second kappa shape index (κ2) is 14.3. The van der Waals surface area contributed by atoms with Gasteiger partial charge in [-0.3, -0.25) is 19.6 Å². The Morgan fingerprint density at radius 3 is 2.46 bits per heavy atom. The summed E-state index contributed by atoms with van der Waals surface area (Å²) >= 11 is 0. The number of nitriles is 1. The summed E-state index contributed by atoms with van der Waals surface area (Å²) in [6, 6.07) is 19.6. The highest BCUT2D eigenvalue weighted by molar-refractivity contribution is 5.92. The van der Waals surface area contributed by atoms with E-state index in [0.29, 0.717) is 97.9 Å². The van der Waals surface area contributed by atoms with E-state index in [0.717, 1.165) is 51.2 Å². The zero-order valence-electron chi connectivity index (χ0n) is 30.6. The quantitative estimate of drug-likeness (QED) is 0.160. The highest BCUT2D eigenvalue weighted by Gasteiger charge is 2.31. The molecular weight excluding hydrogens is 719 g/mol. The number of rotatable bonds is 9. The summed E-state index contributed by atoms with van der Waals surface area (Å²) in [5, 5.41) is 29.4. The summed E-state index contributed by atoms with van der Waals surface area (Å²) in [5.41, 5.74) is 9.35. The number of carboxylic acids is 1. The van der Waals surface area contributed by atoms with Gasteiger partial charge in [0.25, 0.3) is 6.43 Å². The van der Waals surface area contributed by atoms with Gasteiger partial charge in [0.05, 0.1) is 23.1 Å². The van der Waals surface area contributed by atoms with E-state index in [-0.39, 0.29) is 6.10 Å². The molecule has 56 heavy (non-hydrogen) atoms. The van der Waals surface area contributed by atoms with Crippen molar-refractivity contribution < 1.29 is 28.2 Å². The molecule has 0 amide bonds. The van der Waals surface area contributed by atoms with Crippen molar-refractivity contribution in [1.29, 1.82) is 5.26 Å². The molecule has 2 saturated heterocycles. The molecule has 0 radical (unpaired) electrons. The number of benzene rings is 3. The molecule has 3 aromatic carbocycles. The Balaban J connectivity index is 1.04. The number of aliphatic hydroxyl groups excluding tert-OH is 1. The van der Waals surface area contributed by atoms with Crippen molar-refractivity contribution in [2.24, 2.45) is 5.92 Å². The molecule has 2 fully saturated rings. The first-order valence-corrected chi connectivity index (χ1v) is 18.8. The van der Waals surface area contributed by atoms with Crippen molar-refractivity contribution in [2.75, 3.05) is 37.6 Å². The summed E-state index contributed by atoms with van der Waals surface area (Å²) in [5.74, 6) is -1.02. The van der Waals surface area contributed by atoms with E-state index in [1.54, 1.807) is 18.3 Å². The number of pyridine rings is 1. The molecule has 6 aromatic rings. The number of nitrogens with zero attached hydrogens (tertiary/aromatic N) is 8. The van der Waals surface area contributed by atoms with Gasteiger partial charge < -0.3 is 19.5 Å². The molecule has 2 unspecified atom stereocenters. The second-order valence-corrected chi connectivity index (χ2v) is 15.0. The van der Waals surface area contributed by atoms with Gasteiger partial charge in [-0.05, 0) is 96.4 Å². The molecule has 2 N–H and O–H groups in total. The third kappa shape index (κ3) is 6.51. The molecule has 2 atom stereocenters. The van der Waals surface area contributed by atoms with Crippen molar-refractivity contribution in [1.82, 2.24) is 29.7 Å². The maximum Gasteiger partial charge on any atom is 0.307 e. The molecule has 0 spiro atoms. The van der Waals surface area contributed by atoms with E-state index in [4.69, 9.17) is 14.4 Å². The third-order valence-corrected chi connectivity index (χ3v) is 11.3. The number of carboxylic acid groups (broad SMARTS) is 1. The van der Waals surface area contributed by atoms with Crippen LogP contribution in [0.1, 0.15) is 52.9 Å². The van der Waals surface area contributed by atoms with Crippen LogP contribution in [0.2, 0.25) is 0 Å². The molecule has 0 aliphatic carbocycles. The normalized spacial score (nSPS) is 18.8. The standard InChI is InChI=1S/C42H38F2N8O4/c1-23-29(4-2-5-30(23)41-48-34-15-24(14-27(17-45)37(34)56-41)19-50-11-8-26(21-50)42(54)55)31-6-3-7-35-32(31)10-13-52(35)40-36-33(47-39(49-40)38(43)44)16-25(18-46-36)20-51-12-9-28(53)22-51/h2-7,14-16,18,26,28,38,53H,8-13,19-22H2,1H3,(H,54,55). The van der Waals surface area contributed by atoms with Gasteiger partial charge in [-0.2, -0.15) is 5.26 Å².